The van der Waals surface area contributed by atoms with Gasteiger partial charge in [0.15, 0.2) is 0 Å². The monoisotopic (exact) mass is 344 g/mol. The summed E-state index contributed by atoms with van der Waals surface area (Å²) in [5, 5.41) is 5.85. The van der Waals surface area contributed by atoms with Gasteiger partial charge in [-0.15, -0.1) is 0 Å². The quantitative estimate of drug-likeness (QED) is 0.555. The van der Waals surface area contributed by atoms with Gasteiger partial charge in [-0.25, -0.2) is 9.97 Å². The van der Waals surface area contributed by atoms with Crippen LogP contribution in [0.2, 0.25) is 0 Å². The summed E-state index contributed by atoms with van der Waals surface area (Å²) in [5.41, 5.74) is 0. The molecule has 0 aliphatic rings. The number of aryl methyl sites for hydroxylation is 1. The van der Waals surface area contributed by atoms with Crippen molar-refractivity contribution in [1.29, 1.82) is 0 Å². The molecule has 1 heterocycles. The van der Waals surface area contributed by atoms with Crippen molar-refractivity contribution < 1.29 is 9.53 Å². The van der Waals surface area contributed by atoms with Crippen LogP contribution in [0.3, 0.4) is 0 Å². The fourth-order valence-corrected chi connectivity index (χ4v) is 2.01. The van der Waals surface area contributed by atoms with Crippen LogP contribution >= 0.6 is 15.9 Å². The number of aromatic nitrogens is 2. The first-order chi connectivity index (χ1) is 9.56. The van der Waals surface area contributed by atoms with Gasteiger partial charge in [-0.2, -0.15) is 0 Å². The molecule has 0 saturated heterocycles. The first-order valence-electron chi connectivity index (χ1n) is 6.63. The van der Waals surface area contributed by atoms with Crippen LogP contribution in [0, 0.1) is 0 Å². The van der Waals surface area contributed by atoms with Gasteiger partial charge >= 0.3 is 0 Å². The van der Waals surface area contributed by atoms with Crippen LogP contribution in [0.1, 0.15) is 26.1 Å². The highest BCUT2D eigenvalue weighted by atomic mass is 79.9. The molecule has 6 nitrogen and oxygen atoms in total. The van der Waals surface area contributed by atoms with Crippen LogP contribution in [-0.4, -0.2) is 42.2 Å². The summed E-state index contributed by atoms with van der Waals surface area (Å²) in [7, 11) is 1.60. The topological polar surface area (TPSA) is 76.1 Å². The number of ether oxygens (including phenoxy) is 1. The Morgan fingerprint density at radius 2 is 2.25 bits per heavy atom. The van der Waals surface area contributed by atoms with Gasteiger partial charge in [-0.3, -0.25) is 4.79 Å². The van der Waals surface area contributed by atoms with Crippen LogP contribution in [0.15, 0.2) is 10.7 Å². The zero-order valence-corrected chi connectivity index (χ0v) is 13.7. The van der Waals surface area contributed by atoms with Gasteiger partial charge in [0.1, 0.15) is 22.3 Å². The molecule has 1 unspecified atom stereocenters. The number of amides is 1. The number of methoxy groups -OCH3 is 1. The van der Waals surface area contributed by atoms with Gasteiger partial charge in [0, 0.05) is 26.1 Å². The van der Waals surface area contributed by atoms with Crippen molar-refractivity contribution in [2.75, 3.05) is 25.6 Å². The summed E-state index contributed by atoms with van der Waals surface area (Å²) in [5.74, 6) is 1.31. The second-order valence-corrected chi connectivity index (χ2v) is 5.20. The number of carbonyl (C=O) groups is 1. The molecule has 0 saturated carbocycles. The lowest BCUT2D eigenvalue weighted by molar-refractivity contribution is -0.121. The third-order valence-electron chi connectivity index (χ3n) is 2.58. The van der Waals surface area contributed by atoms with E-state index in [9.17, 15) is 4.79 Å². The number of hydrogen-bond acceptors (Lipinski definition) is 5. The lowest BCUT2D eigenvalue weighted by Crippen LogP contribution is -2.39. The van der Waals surface area contributed by atoms with Crippen molar-refractivity contribution in [3.05, 3.63) is 16.5 Å². The Bertz CT molecular complexity index is 442. The Balaban J connectivity index is 2.60. The van der Waals surface area contributed by atoms with E-state index in [1.54, 1.807) is 20.1 Å². The Kier molecular flexibility index (Phi) is 7.46. The molecule has 2 N–H and O–H groups in total. The second kappa shape index (κ2) is 8.86. The number of carbonyl (C=O) groups excluding carboxylic acids is 1. The minimum Gasteiger partial charge on any atom is -0.383 e. The molecule has 1 rings (SSSR count). The second-order valence-electron chi connectivity index (χ2n) is 4.39. The molecule has 1 aromatic heterocycles. The Labute approximate surface area is 127 Å². The maximum absolute atomic E-state index is 11.8. The van der Waals surface area contributed by atoms with E-state index in [2.05, 4.69) is 43.5 Å². The van der Waals surface area contributed by atoms with Crippen molar-refractivity contribution in [1.82, 2.24) is 15.3 Å². The molecule has 0 aliphatic heterocycles. The number of hydrogen-bond donors (Lipinski definition) is 2. The zero-order valence-electron chi connectivity index (χ0n) is 12.1. The molecular weight excluding hydrogens is 324 g/mol. The minimum absolute atomic E-state index is 0.0890. The molecule has 0 fully saturated rings. The van der Waals surface area contributed by atoms with Gasteiger partial charge in [0.05, 0.1) is 6.61 Å². The molecule has 1 atom stereocenters. The van der Waals surface area contributed by atoms with E-state index in [-0.39, 0.29) is 11.9 Å². The number of anilines is 1. The van der Waals surface area contributed by atoms with E-state index >= 15 is 0 Å². The fourth-order valence-electron chi connectivity index (χ4n) is 1.59. The largest absolute Gasteiger partial charge is 0.383 e. The molecule has 0 bridgehead atoms. The van der Waals surface area contributed by atoms with Crippen LogP contribution in [-0.2, 0) is 16.0 Å². The molecule has 1 amide bonds. The number of rotatable bonds is 8. The third-order valence-corrected chi connectivity index (χ3v) is 2.98. The Morgan fingerprint density at radius 1 is 1.50 bits per heavy atom. The van der Waals surface area contributed by atoms with Gasteiger partial charge in [0.25, 0.3) is 0 Å². The van der Waals surface area contributed by atoms with Crippen LogP contribution in [0.25, 0.3) is 0 Å². The van der Waals surface area contributed by atoms with Crippen molar-refractivity contribution >= 4 is 27.7 Å². The van der Waals surface area contributed by atoms with E-state index in [4.69, 9.17) is 4.74 Å². The zero-order chi connectivity index (χ0) is 15.0. The SMILES string of the molecule is CCCc1nc(Br)cc(NC(C)C(=O)NCCOC)n1. The first kappa shape index (κ1) is 16.8. The molecule has 1 aromatic rings. The van der Waals surface area contributed by atoms with Gasteiger partial charge in [-0.05, 0) is 29.3 Å². The summed E-state index contributed by atoms with van der Waals surface area (Å²) >= 11 is 3.35. The van der Waals surface area contributed by atoms with Gasteiger partial charge in [-0.1, -0.05) is 6.92 Å². The van der Waals surface area contributed by atoms with E-state index < -0.39 is 0 Å². The lowest BCUT2D eigenvalue weighted by atomic mass is 10.3. The lowest BCUT2D eigenvalue weighted by Gasteiger charge is -2.15. The van der Waals surface area contributed by atoms with Crippen LogP contribution in [0.5, 0.6) is 0 Å². The minimum atomic E-state index is -0.372. The Hall–Kier alpha value is -1.21. The number of nitrogens with one attached hydrogen (secondary N) is 2. The molecule has 0 radical (unpaired) electrons. The highest BCUT2D eigenvalue weighted by Crippen LogP contribution is 2.14. The number of halogens is 1. The molecule has 0 aliphatic carbocycles. The van der Waals surface area contributed by atoms with Gasteiger partial charge < -0.3 is 15.4 Å². The van der Waals surface area contributed by atoms with E-state index in [1.165, 1.54) is 0 Å². The average molecular weight is 345 g/mol. The predicted molar refractivity (Wildman–Crippen MR) is 81.7 cm³/mol. The normalized spacial score (nSPS) is 12.0. The fraction of sp³-hybridized carbons (Fsp3) is 0.615. The van der Waals surface area contributed by atoms with E-state index in [1.807, 2.05) is 0 Å². The van der Waals surface area contributed by atoms with Crippen LogP contribution < -0.4 is 10.6 Å². The average Bonchev–Trinajstić information content (AvgIpc) is 2.38. The number of nitrogens with zero attached hydrogens (tertiary/aromatic N) is 2. The standard InChI is InChI=1S/C13H21BrN4O2/c1-4-5-11-17-10(14)8-12(18-11)16-9(2)13(19)15-6-7-20-3/h8-9H,4-7H2,1-3H3,(H,15,19)(H,16,17,18). The van der Waals surface area contributed by atoms with Crippen molar-refractivity contribution in [3.63, 3.8) is 0 Å². The van der Waals surface area contributed by atoms with E-state index in [0.717, 1.165) is 18.7 Å². The maximum Gasteiger partial charge on any atom is 0.242 e. The predicted octanol–water partition coefficient (Wildman–Crippen LogP) is 1.75. The van der Waals surface area contributed by atoms with Gasteiger partial charge in [0.2, 0.25) is 5.91 Å². The maximum atomic E-state index is 11.8. The van der Waals surface area contributed by atoms with Crippen molar-refractivity contribution in [2.24, 2.45) is 0 Å². The van der Waals surface area contributed by atoms with E-state index in [0.29, 0.717) is 23.6 Å². The third kappa shape index (κ3) is 5.83. The van der Waals surface area contributed by atoms with Crippen LogP contribution in [0.4, 0.5) is 5.82 Å². The molecule has 20 heavy (non-hydrogen) atoms. The molecular formula is C13H21BrN4O2. The first-order valence-corrected chi connectivity index (χ1v) is 7.42. The summed E-state index contributed by atoms with van der Waals surface area (Å²) in [6, 6.07) is 1.39. The summed E-state index contributed by atoms with van der Waals surface area (Å²) in [4.78, 5) is 20.5. The molecule has 0 aromatic carbocycles. The molecule has 112 valence electrons. The summed E-state index contributed by atoms with van der Waals surface area (Å²) in [6.07, 6.45) is 1.78. The van der Waals surface area contributed by atoms with Crippen molar-refractivity contribution in [3.8, 4) is 0 Å². The highest BCUT2D eigenvalue weighted by molar-refractivity contribution is 9.10. The van der Waals surface area contributed by atoms with Crippen molar-refractivity contribution in [2.45, 2.75) is 32.7 Å². The summed E-state index contributed by atoms with van der Waals surface area (Å²) < 4.78 is 5.60. The summed E-state index contributed by atoms with van der Waals surface area (Å²) in [6.45, 7) is 4.86. The molecule has 7 heteroatoms. The molecule has 0 spiro atoms. The smallest absolute Gasteiger partial charge is 0.242 e. The highest BCUT2D eigenvalue weighted by Gasteiger charge is 2.13. The Morgan fingerprint density at radius 3 is 2.90 bits per heavy atom.